The molecular formula is C24H39F3N4O4. The number of allylic oxidation sites excluding steroid dienone is 2. The van der Waals surface area contributed by atoms with E-state index in [0.717, 1.165) is 19.2 Å². The SMILES string of the molecule is C=C/C=C(\C=C(/C)CNCC(=O)N(CC)CCN(C)C)C(=O)OC(C)CCN(C)C(=O)C(F)(F)F. The summed E-state index contributed by atoms with van der Waals surface area (Å²) in [5.74, 6) is -2.64. The number of nitrogens with one attached hydrogen (secondary N) is 1. The van der Waals surface area contributed by atoms with Crippen LogP contribution in [-0.2, 0) is 19.1 Å². The first-order valence-corrected chi connectivity index (χ1v) is 11.4. The molecule has 0 saturated heterocycles. The van der Waals surface area contributed by atoms with Crippen LogP contribution in [0.1, 0.15) is 27.2 Å². The van der Waals surface area contributed by atoms with Crippen LogP contribution in [0.4, 0.5) is 13.2 Å². The molecule has 1 atom stereocenters. The zero-order valence-electron chi connectivity index (χ0n) is 21.6. The molecule has 8 nitrogen and oxygen atoms in total. The summed E-state index contributed by atoms with van der Waals surface area (Å²) in [4.78, 5) is 40.4. The minimum atomic E-state index is -4.95. The molecule has 0 aromatic heterocycles. The minimum Gasteiger partial charge on any atom is -0.459 e. The molecule has 1 unspecified atom stereocenters. The first kappa shape index (κ1) is 32.3. The summed E-state index contributed by atoms with van der Waals surface area (Å²) >= 11 is 0. The molecule has 11 heteroatoms. The molecule has 0 aliphatic rings. The fourth-order valence-electron chi connectivity index (χ4n) is 2.88. The van der Waals surface area contributed by atoms with Crippen LogP contribution in [0.2, 0.25) is 0 Å². The highest BCUT2D eigenvalue weighted by atomic mass is 19.4. The number of alkyl halides is 3. The summed E-state index contributed by atoms with van der Waals surface area (Å²) in [5.41, 5.74) is 0.973. The van der Waals surface area contributed by atoms with Gasteiger partial charge in [0.2, 0.25) is 5.91 Å². The number of carbonyl (C=O) groups excluding carboxylic acids is 3. The zero-order valence-corrected chi connectivity index (χ0v) is 21.6. The molecule has 0 heterocycles. The molecule has 0 aromatic rings. The van der Waals surface area contributed by atoms with Crippen LogP contribution in [0.3, 0.4) is 0 Å². The second-order valence-electron chi connectivity index (χ2n) is 8.46. The average Bonchev–Trinajstić information content (AvgIpc) is 2.76. The van der Waals surface area contributed by atoms with Crippen LogP contribution in [0.25, 0.3) is 0 Å². The quantitative estimate of drug-likeness (QED) is 0.210. The van der Waals surface area contributed by atoms with Crippen LogP contribution in [-0.4, -0.2) is 105 Å². The van der Waals surface area contributed by atoms with Gasteiger partial charge in [0.1, 0.15) is 6.10 Å². The first-order valence-electron chi connectivity index (χ1n) is 11.4. The standard InChI is InChI=1S/C24H39F3N4O4/c1-8-10-20(22(33)35-19(4)11-12-30(7)23(34)24(25,26)27)15-18(3)16-28-17-21(32)31(9-2)14-13-29(5)6/h8,10,15,19,28H,1,9,11-14,16-17H2,2-7H3/b18-15+,20-10+. The number of rotatable bonds is 15. The number of esters is 1. The van der Waals surface area contributed by atoms with Crippen molar-refractivity contribution in [3.8, 4) is 0 Å². The summed E-state index contributed by atoms with van der Waals surface area (Å²) in [6.07, 6.45) is -1.15. The average molecular weight is 505 g/mol. The highest BCUT2D eigenvalue weighted by molar-refractivity contribution is 5.92. The van der Waals surface area contributed by atoms with Gasteiger partial charge in [-0.3, -0.25) is 9.59 Å². The Kier molecular flexibility index (Phi) is 14.9. The Balaban J connectivity index is 4.81. The van der Waals surface area contributed by atoms with Gasteiger partial charge in [0, 0.05) is 46.2 Å². The topological polar surface area (TPSA) is 82.2 Å². The van der Waals surface area contributed by atoms with E-state index in [9.17, 15) is 27.6 Å². The van der Waals surface area contributed by atoms with Crippen molar-refractivity contribution in [2.75, 3.05) is 60.4 Å². The van der Waals surface area contributed by atoms with Crippen molar-refractivity contribution in [1.29, 1.82) is 0 Å². The van der Waals surface area contributed by atoms with E-state index in [0.29, 0.717) is 24.5 Å². The van der Waals surface area contributed by atoms with Crippen molar-refractivity contribution in [1.82, 2.24) is 20.0 Å². The van der Waals surface area contributed by atoms with Crippen molar-refractivity contribution >= 4 is 17.8 Å². The second-order valence-corrected chi connectivity index (χ2v) is 8.46. The third-order valence-electron chi connectivity index (χ3n) is 4.94. The van der Waals surface area contributed by atoms with Crippen molar-refractivity contribution in [2.45, 2.75) is 39.5 Å². The Bertz CT molecular complexity index is 779. The number of nitrogens with zero attached hydrogens (tertiary/aromatic N) is 3. The highest BCUT2D eigenvalue weighted by Crippen LogP contribution is 2.18. The summed E-state index contributed by atoms with van der Waals surface area (Å²) in [5, 5.41) is 3.06. The lowest BCUT2D eigenvalue weighted by molar-refractivity contribution is -0.184. The highest BCUT2D eigenvalue weighted by Gasteiger charge is 2.41. The molecule has 200 valence electrons. The Labute approximate surface area is 206 Å². The molecular weight excluding hydrogens is 465 g/mol. The monoisotopic (exact) mass is 504 g/mol. The fourth-order valence-corrected chi connectivity index (χ4v) is 2.88. The van der Waals surface area contributed by atoms with Gasteiger partial charge in [0.25, 0.3) is 0 Å². The molecule has 0 saturated carbocycles. The van der Waals surface area contributed by atoms with Crippen LogP contribution >= 0.6 is 0 Å². The van der Waals surface area contributed by atoms with E-state index in [-0.39, 0.29) is 31.0 Å². The van der Waals surface area contributed by atoms with Gasteiger partial charge < -0.3 is 24.8 Å². The lowest BCUT2D eigenvalue weighted by Gasteiger charge is -2.23. The normalized spacial score (nSPS) is 13.4. The molecule has 0 aliphatic heterocycles. The van der Waals surface area contributed by atoms with Gasteiger partial charge in [-0.25, -0.2) is 4.79 Å². The molecule has 2 amide bonds. The van der Waals surface area contributed by atoms with E-state index in [1.165, 1.54) is 19.1 Å². The van der Waals surface area contributed by atoms with E-state index in [1.54, 1.807) is 17.9 Å². The predicted molar refractivity (Wildman–Crippen MR) is 130 cm³/mol. The summed E-state index contributed by atoms with van der Waals surface area (Å²) < 4.78 is 42.7. The smallest absolute Gasteiger partial charge is 0.459 e. The van der Waals surface area contributed by atoms with Gasteiger partial charge in [-0.2, -0.15) is 13.2 Å². The van der Waals surface area contributed by atoms with Crippen LogP contribution in [0.15, 0.2) is 36.0 Å². The van der Waals surface area contributed by atoms with Crippen molar-refractivity contribution in [3.05, 3.63) is 36.0 Å². The number of amides is 2. The number of hydrogen-bond acceptors (Lipinski definition) is 6. The minimum absolute atomic E-state index is 0.0220. The van der Waals surface area contributed by atoms with E-state index in [4.69, 9.17) is 4.74 Å². The molecule has 0 fully saturated rings. The molecule has 0 rings (SSSR count). The van der Waals surface area contributed by atoms with E-state index >= 15 is 0 Å². The predicted octanol–water partition coefficient (Wildman–Crippen LogP) is 2.39. The second kappa shape index (κ2) is 16.1. The van der Waals surface area contributed by atoms with Gasteiger partial charge >= 0.3 is 18.1 Å². The van der Waals surface area contributed by atoms with E-state index in [1.807, 2.05) is 25.9 Å². The Morgan fingerprint density at radius 3 is 2.23 bits per heavy atom. The van der Waals surface area contributed by atoms with Crippen LogP contribution in [0.5, 0.6) is 0 Å². The number of likely N-dealkylation sites (N-methyl/N-ethyl adjacent to an activating group) is 2. The number of hydrogen-bond donors (Lipinski definition) is 1. The van der Waals surface area contributed by atoms with E-state index in [2.05, 4.69) is 11.9 Å². The Morgan fingerprint density at radius 2 is 1.71 bits per heavy atom. The molecule has 0 radical (unpaired) electrons. The van der Waals surface area contributed by atoms with E-state index < -0.39 is 24.2 Å². The number of ether oxygens (including phenoxy) is 1. The van der Waals surface area contributed by atoms with Gasteiger partial charge in [0.15, 0.2) is 0 Å². The van der Waals surface area contributed by atoms with Gasteiger partial charge in [-0.1, -0.05) is 18.2 Å². The molecule has 0 spiro atoms. The maximum absolute atomic E-state index is 12.5. The summed E-state index contributed by atoms with van der Waals surface area (Å²) in [7, 11) is 4.93. The summed E-state index contributed by atoms with van der Waals surface area (Å²) in [6, 6.07) is 0. The lowest BCUT2D eigenvalue weighted by Crippen LogP contribution is -2.41. The molecule has 1 N–H and O–H groups in total. The zero-order chi connectivity index (χ0) is 27.2. The largest absolute Gasteiger partial charge is 0.471 e. The lowest BCUT2D eigenvalue weighted by atomic mass is 10.1. The van der Waals surface area contributed by atoms with Crippen molar-refractivity contribution in [3.63, 3.8) is 0 Å². The fraction of sp³-hybridized carbons (Fsp3) is 0.625. The molecule has 0 aliphatic carbocycles. The maximum Gasteiger partial charge on any atom is 0.471 e. The Hall–Kier alpha value is -2.66. The van der Waals surface area contributed by atoms with Crippen molar-refractivity contribution < 1.29 is 32.3 Å². The number of halogens is 3. The van der Waals surface area contributed by atoms with Gasteiger partial charge in [-0.15, -0.1) is 0 Å². The first-order chi connectivity index (χ1) is 16.2. The molecule has 35 heavy (non-hydrogen) atoms. The third kappa shape index (κ3) is 13.7. The van der Waals surface area contributed by atoms with Crippen LogP contribution in [0, 0.1) is 0 Å². The van der Waals surface area contributed by atoms with Gasteiger partial charge in [-0.05, 0) is 47.0 Å². The van der Waals surface area contributed by atoms with Crippen LogP contribution < -0.4 is 5.32 Å². The third-order valence-corrected chi connectivity index (χ3v) is 4.94. The summed E-state index contributed by atoms with van der Waals surface area (Å²) in [6.45, 7) is 11.1. The molecule has 0 bridgehead atoms. The maximum atomic E-state index is 12.5. The van der Waals surface area contributed by atoms with Crippen molar-refractivity contribution in [2.24, 2.45) is 0 Å². The molecule has 0 aromatic carbocycles. The Morgan fingerprint density at radius 1 is 1.09 bits per heavy atom. The number of carbonyl (C=O) groups is 3. The van der Waals surface area contributed by atoms with Gasteiger partial charge in [0.05, 0.1) is 12.1 Å².